The van der Waals surface area contributed by atoms with E-state index in [0.29, 0.717) is 31.3 Å². The average Bonchev–Trinajstić information content (AvgIpc) is 2.84. The molecule has 3 rings (SSSR count). The molecule has 1 atom stereocenters. The Morgan fingerprint density at radius 3 is 2.57 bits per heavy atom. The van der Waals surface area contributed by atoms with Gasteiger partial charge in [-0.15, -0.1) is 0 Å². The normalized spacial score (nSPS) is 17.9. The van der Waals surface area contributed by atoms with Gasteiger partial charge in [0.15, 0.2) is 0 Å². The van der Waals surface area contributed by atoms with E-state index in [1.165, 1.54) is 0 Å². The van der Waals surface area contributed by atoms with Crippen molar-refractivity contribution in [2.45, 2.75) is 33.0 Å². The minimum atomic E-state index is -0.638. The molecule has 1 unspecified atom stereocenters. The van der Waals surface area contributed by atoms with Crippen molar-refractivity contribution in [3.05, 3.63) is 40.6 Å². The molecule has 1 aliphatic heterocycles. The number of fused-ring (bicyclic) bond motifs is 1. The van der Waals surface area contributed by atoms with Crippen LogP contribution in [0.1, 0.15) is 34.6 Å². The van der Waals surface area contributed by atoms with E-state index in [4.69, 9.17) is 13.9 Å². The van der Waals surface area contributed by atoms with E-state index in [0.717, 1.165) is 28.3 Å². The Bertz CT molecular complexity index is 691. The lowest BCUT2D eigenvalue weighted by molar-refractivity contribution is 0.0791. The summed E-state index contributed by atoms with van der Waals surface area (Å²) in [5.41, 5.74) is 2.66. The van der Waals surface area contributed by atoms with Crippen LogP contribution in [0.15, 0.2) is 16.5 Å². The van der Waals surface area contributed by atoms with Gasteiger partial charge in [-0.2, -0.15) is 0 Å². The highest BCUT2D eigenvalue weighted by atomic mass is 16.5. The highest BCUT2D eigenvalue weighted by Gasteiger charge is 2.30. The molecule has 1 aromatic heterocycles. The monoisotopic (exact) mass is 318 g/mol. The third-order valence-electron chi connectivity index (χ3n) is 4.29. The number of aryl methyl sites for hydroxylation is 2. The van der Waals surface area contributed by atoms with Gasteiger partial charge >= 0.3 is 0 Å². The zero-order valence-corrected chi connectivity index (χ0v) is 13.9. The van der Waals surface area contributed by atoms with Gasteiger partial charge in [0.25, 0.3) is 0 Å². The highest BCUT2D eigenvalue weighted by molar-refractivity contribution is 5.51. The predicted octanol–water partition coefficient (Wildman–Crippen LogP) is 2.36. The first-order valence-electron chi connectivity index (χ1n) is 7.60. The molecule has 2 aromatic rings. The molecule has 1 aromatic carbocycles. The number of methoxy groups -OCH3 is 2. The predicted molar refractivity (Wildman–Crippen MR) is 84.6 cm³/mol. The number of aliphatic hydroxyl groups is 1. The third-order valence-corrected chi connectivity index (χ3v) is 4.29. The molecule has 6 heteroatoms. The molecule has 1 N–H and O–H groups in total. The van der Waals surface area contributed by atoms with Crippen molar-refractivity contribution >= 4 is 0 Å². The van der Waals surface area contributed by atoms with Gasteiger partial charge in [0.05, 0.1) is 32.6 Å². The Morgan fingerprint density at radius 1 is 1.26 bits per heavy atom. The van der Waals surface area contributed by atoms with Crippen LogP contribution < -0.4 is 9.47 Å². The maximum absolute atomic E-state index is 10.6. The topological polar surface area (TPSA) is 68.0 Å². The number of aliphatic hydroxyl groups excluding tert-OH is 1. The van der Waals surface area contributed by atoms with Crippen LogP contribution in [0.5, 0.6) is 11.5 Å². The van der Waals surface area contributed by atoms with Crippen LogP contribution >= 0.6 is 0 Å². The molecule has 0 radical (unpaired) electrons. The summed E-state index contributed by atoms with van der Waals surface area (Å²) in [5.74, 6) is 2.94. The van der Waals surface area contributed by atoms with Crippen molar-refractivity contribution < 1.29 is 19.0 Å². The summed E-state index contributed by atoms with van der Waals surface area (Å²) >= 11 is 0. The van der Waals surface area contributed by atoms with Crippen molar-refractivity contribution in [2.75, 3.05) is 20.8 Å². The van der Waals surface area contributed by atoms with Gasteiger partial charge in [0, 0.05) is 24.2 Å². The Kier molecular flexibility index (Phi) is 4.28. The van der Waals surface area contributed by atoms with Crippen molar-refractivity contribution in [1.29, 1.82) is 0 Å². The molecule has 0 spiro atoms. The van der Waals surface area contributed by atoms with Crippen molar-refractivity contribution in [3.63, 3.8) is 0 Å². The standard InChI is InChI=1S/C17H22N2O4/c1-10-11(2)23-16(18-10)9-19-7-12-14(21-3)5-6-15(22-4)17(12)13(20)8-19/h5-6,13,20H,7-9H2,1-4H3. The molecule has 6 nitrogen and oxygen atoms in total. The molecule has 0 saturated carbocycles. The largest absolute Gasteiger partial charge is 0.496 e. The minimum absolute atomic E-state index is 0.497. The number of benzene rings is 1. The summed E-state index contributed by atoms with van der Waals surface area (Å²) in [6.45, 7) is 5.52. The van der Waals surface area contributed by atoms with E-state index in [-0.39, 0.29) is 0 Å². The summed E-state index contributed by atoms with van der Waals surface area (Å²) < 4.78 is 16.5. The first-order valence-corrected chi connectivity index (χ1v) is 7.60. The summed E-state index contributed by atoms with van der Waals surface area (Å²) in [7, 11) is 3.24. The molecule has 0 amide bonds. The smallest absolute Gasteiger partial charge is 0.208 e. The Labute approximate surface area is 135 Å². The number of β-amino-alcohol motifs (C(OH)–C–C–N with tert-alkyl or cyclic N) is 1. The fraction of sp³-hybridized carbons (Fsp3) is 0.471. The molecular weight excluding hydrogens is 296 g/mol. The van der Waals surface area contributed by atoms with E-state index in [9.17, 15) is 5.11 Å². The Balaban J connectivity index is 1.90. The van der Waals surface area contributed by atoms with Crippen LogP contribution in [0, 0.1) is 13.8 Å². The van der Waals surface area contributed by atoms with Crippen LogP contribution in [-0.4, -0.2) is 35.8 Å². The van der Waals surface area contributed by atoms with E-state index < -0.39 is 6.10 Å². The van der Waals surface area contributed by atoms with Gasteiger partial charge in [0.2, 0.25) is 5.89 Å². The molecule has 124 valence electrons. The van der Waals surface area contributed by atoms with Gasteiger partial charge in [-0.1, -0.05) is 0 Å². The summed E-state index contributed by atoms with van der Waals surface area (Å²) in [6, 6.07) is 3.70. The first kappa shape index (κ1) is 15.8. The maximum atomic E-state index is 10.6. The van der Waals surface area contributed by atoms with Crippen LogP contribution in [0.25, 0.3) is 0 Å². The maximum Gasteiger partial charge on any atom is 0.208 e. The minimum Gasteiger partial charge on any atom is -0.496 e. The lowest BCUT2D eigenvalue weighted by Crippen LogP contribution is -2.33. The first-order chi connectivity index (χ1) is 11.0. The summed E-state index contributed by atoms with van der Waals surface area (Å²) in [4.78, 5) is 6.51. The second-order valence-electron chi connectivity index (χ2n) is 5.80. The number of oxazole rings is 1. The number of rotatable bonds is 4. The van der Waals surface area contributed by atoms with Crippen LogP contribution in [0.2, 0.25) is 0 Å². The van der Waals surface area contributed by atoms with E-state index in [1.807, 2.05) is 26.0 Å². The number of hydrogen-bond acceptors (Lipinski definition) is 6. The van der Waals surface area contributed by atoms with Crippen LogP contribution in [-0.2, 0) is 13.1 Å². The number of ether oxygens (including phenoxy) is 2. The van der Waals surface area contributed by atoms with Gasteiger partial charge < -0.3 is 19.0 Å². The summed E-state index contributed by atoms with van der Waals surface area (Å²) in [6.07, 6.45) is -0.638. The van der Waals surface area contributed by atoms with Gasteiger partial charge in [-0.25, -0.2) is 4.98 Å². The quantitative estimate of drug-likeness (QED) is 0.933. The van der Waals surface area contributed by atoms with E-state index >= 15 is 0 Å². The lowest BCUT2D eigenvalue weighted by Gasteiger charge is -2.33. The zero-order chi connectivity index (χ0) is 16.6. The van der Waals surface area contributed by atoms with Gasteiger partial charge in [-0.3, -0.25) is 4.90 Å². The second-order valence-corrected chi connectivity index (χ2v) is 5.80. The Hall–Kier alpha value is -2.05. The number of aromatic nitrogens is 1. The lowest BCUT2D eigenvalue weighted by atomic mass is 9.95. The SMILES string of the molecule is COc1ccc(OC)c2c1CN(Cc1nc(C)c(C)o1)CC2O. The molecule has 0 fully saturated rings. The van der Waals surface area contributed by atoms with Gasteiger partial charge in [0.1, 0.15) is 17.3 Å². The molecule has 0 bridgehead atoms. The fourth-order valence-corrected chi connectivity index (χ4v) is 3.06. The number of nitrogens with zero attached hydrogens (tertiary/aromatic N) is 2. The summed E-state index contributed by atoms with van der Waals surface area (Å²) in [5, 5.41) is 10.6. The average molecular weight is 318 g/mol. The van der Waals surface area contributed by atoms with Crippen molar-refractivity contribution in [1.82, 2.24) is 9.88 Å². The molecule has 0 aliphatic carbocycles. The van der Waals surface area contributed by atoms with Gasteiger partial charge in [-0.05, 0) is 26.0 Å². The molecule has 23 heavy (non-hydrogen) atoms. The molecule has 2 heterocycles. The fourth-order valence-electron chi connectivity index (χ4n) is 3.06. The second kappa shape index (κ2) is 6.22. The van der Waals surface area contributed by atoms with E-state index in [2.05, 4.69) is 9.88 Å². The Morgan fingerprint density at radius 2 is 1.96 bits per heavy atom. The number of hydrogen-bond donors (Lipinski definition) is 1. The van der Waals surface area contributed by atoms with E-state index in [1.54, 1.807) is 14.2 Å². The third kappa shape index (κ3) is 2.92. The zero-order valence-electron chi connectivity index (χ0n) is 13.9. The van der Waals surface area contributed by atoms with Crippen LogP contribution in [0.3, 0.4) is 0 Å². The van der Waals surface area contributed by atoms with Crippen molar-refractivity contribution in [2.24, 2.45) is 0 Å². The highest BCUT2D eigenvalue weighted by Crippen LogP contribution is 2.39. The van der Waals surface area contributed by atoms with Crippen LogP contribution in [0.4, 0.5) is 0 Å². The molecular formula is C17H22N2O4. The molecule has 1 aliphatic rings. The van der Waals surface area contributed by atoms with Crippen molar-refractivity contribution in [3.8, 4) is 11.5 Å². The molecule has 0 saturated heterocycles.